The highest BCUT2D eigenvalue weighted by Crippen LogP contribution is 2.29. The minimum absolute atomic E-state index is 0.680. The molecule has 1 saturated heterocycles. The maximum atomic E-state index is 6.07. The molecule has 0 atom stereocenters. The van der Waals surface area contributed by atoms with Crippen molar-refractivity contribution in [2.45, 2.75) is 32.6 Å². The normalized spacial score (nSPS) is 15.9. The molecule has 2 heterocycles. The van der Waals surface area contributed by atoms with Crippen molar-refractivity contribution < 1.29 is 0 Å². The van der Waals surface area contributed by atoms with E-state index in [1.165, 1.54) is 30.3 Å². The standard InChI is InChI=1S/C16H21N3/c1-2-12-11-13-7-6-8-14(15(13)18-16(12)17)19-9-4-3-5-10-19/h6-8,11H,2-5,9-10H2,1H3,(H2,17,18). The van der Waals surface area contributed by atoms with Crippen molar-refractivity contribution in [2.24, 2.45) is 0 Å². The number of nitrogens with zero attached hydrogens (tertiary/aromatic N) is 2. The van der Waals surface area contributed by atoms with Gasteiger partial charge in [-0.25, -0.2) is 4.98 Å². The largest absolute Gasteiger partial charge is 0.383 e. The monoisotopic (exact) mass is 255 g/mol. The van der Waals surface area contributed by atoms with E-state index < -0.39 is 0 Å². The van der Waals surface area contributed by atoms with Crippen LogP contribution in [-0.2, 0) is 6.42 Å². The van der Waals surface area contributed by atoms with Crippen molar-refractivity contribution in [1.82, 2.24) is 4.98 Å². The molecular formula is C16H21N3. The van der Waals surface area contributed by atoms with Gasteiger partial charge in [-0.2, -0.15) is 0 Å². The second kappa shape index (κ2) is 5.08. The molecule has 0 aliphatic carbocycles. The van der Waals surface area contributed by atoms with Crippen LogP contribution in [0.4, 0.5) is 11.5 Å². The van der Waals surface area contributed by atoms with Crippen LogP contribution in [0.1, 0.15) is 31.7 Å². The number of benzene rings is 1. The van der Waals surface area contributed by atoms with Crippen LogP contribution in [0.25, 0.3) is 10.9 Å². The Hall–Kier alpha value is -1.77. The number of hydrogen-bond acceptors (Lipinski definition) is 3. The molecule has 1 aliphatic rings. The number of nitrogen functional groups attached to an aromatic ring is 1. The first-order chi connectivity index (χ1) is 9.29. The number of nitrogens with two attached hydrogens (primary N) is 1. The fourth-order valence-electron chi connectivity index (χ4n) is 2.91. The van der Waals surface area contributed by atoms with Gasteiger partial charge in [-0.3, -0.25) is 0 Å². The summed E-state index contributed by atoms with van der Waals surface area (Å²) in [7, 11) is 0. The third-order valence-electron chi connectivity index (χ3n) is 4.01. The van der Waals surface area contributed by atoms with Crippen LogP contribution in [0.5, 0.6) is 0 Å². The predicted molar refractivity (Wildman–Crippen MR) is 81.6 cm³/mol. The summed E-state index contributed by atoms with van der Waals surface area (Å²) in [6.45, 7) is 4.39. The highest BCUT2D eigenvalue weighted by molar-refractivity contribution is 5.92. The van der Waals surface area contributed by atoms with Gasteiger partial charge in [0.1, 0.15) is 5.82 Å². The maximum absolute atomic E-state index is 6.07. The van der Waals surface area contributed by atoms with Crippen LogP contribution in [0, 0.1) is 0 Å². The summed E-state index contributed by atoms with van der Waals surface area (Å²) >= 11 is 0. The summed E-state index contributed by atoms with van der Waals surface area (Å²) in [6.07, 6.45) is 4.83. The van der Waals surface area contributed by atoms with E-state index in [2.05, 4.69) is 41.1 Å². The van der Waals surface area contributed by atoms with E-state index >= 15 is 0 Å². The Labute approximate surface area is 114 Å². The number of para-hydroxylation sites is 1. The quantitative estimate of drug-likeness (QED) is 0.894. The number of piperidine rings is 1. The highest BCUT2D eigenvalue weighted by atomic mass is 15.1. The molecule has 0 unspecified atom stereocenters. The molecule has 1 aromatic carbocycles. The van der Waals surface area contributed by atoms with Crippen molar-refractivity contribution in [3.8, 4) is 0 Å². The lowest BCUT2D eigenvalue weighted by Crippen LogP contribution is -2.29. The van der Waals surface area contributed by atoms with Crippen LogP contribution in [0.3, 0.4) is 0 Å². The van der Waals surface area contributed by atoms with E-state index in [9.17, 15) is 0 Å². The maximum Gasteiger partial charge on any atom is 0.127 e. The van der Waals surface area contributed by atoms with Gasteiger partial charge in [-0.1, -0.05) is 19.1 Å². The average Bonchev–Trinajstić information content (AvgIpc) is 2.47. The van der Waals surface area contributed by atoms with Gasteiger partial charge < -0.3 is 10.6 Å². The van der Waals surface area contributed by atoms with Crippen molar-refractivity contribution in [3.05, 3.63) is 29.8 Å². The van der Waals surface area contributed by atoms with Crippen LogP contribution >= 0.6 is 0 Å². The van der Waals surface area contributed by atoms with Gasteiger partial charge in [0.25, 0.3) is 0 Å². The lowest BCUT2D eigenvalue weighted by atomic mass is 10.1. The molecular weight excluding hydrogens is 234 g/mol. The third kappa shape index (κ3) is 2.25. The molecule has 3 heteroatoms. The number of hydrogen-bond donors (Lipinski definition) is 1. The zero-order valence-electron chi connectivity index (χ0n) is 11.5. The van der Waals surface area contributed by atoms with Crippen molar-refractivity contribution in [1.29, 1.82) is 0 Å². The zero-order valence-corrected chi connectivity index (χ0v) is 11.5. The summed E-state index contributed by atoms with van der Waals surface area (Å²) < 4.78 is 0. The minimum Gasteiger partial charge on any atom is -0.383 e. The number of fused-ring (bicyclic) bond motifs is 1. The molecule has 0 spiro atoms. The molecule has 3 rings (SSSR count). The van der Waals surface area contributed by atoms with Crippen molar-refractivity contribution >= 4 is 22.4 Å². The van der Waals surface area contributed by atoms with Gasteiger partial charge in [0.2, 0.25) is 0 Å². The Balaban J connectivity index is 2.11. The second-order valence-electron chi connectivity index (χ2n) is 5.28. The first-order valence-corrected chi connectivity index (χ1v) is 7.22. The summed E-state index contributed by atoms with van der Waals surface area (Å²) in [5, 5.41) is 1.20. The summed E-state index contributed by atoms with van der Waals surface area (Å²) in [6, 6.07) is 8.62. The molecule has 0 amide bonds. The van der Waals surface area contributed by atoms with E-state index in [0.717, 1.165) is 30.6 Å². The third-order valence-corrected chi connectivity index (χ3v) is 4.01. The van der Waals surface area contributed by atoms with E-state index in [1.54, 1.807) is 0 Å². The Morgan fingerprint density at radius 3 is 2.74 bits per heavy atom. The molecule has 0 saturated carbocycles. The Morgan fingerprint density at radius 1 is 1.21 bits per heavy atom. The molecule has 3 nitrogen and oxygen atoms in total. The molecule has 1 aromatic heterocycles. The fraction of sp³-hybridized carbons (Fsp3) is 0.438. The van der Waals surface area contributed by atoms with Crippen molar-refractivity contribution in [3.63, 3.8) is 0 Å². The predicted octanol–water partition coefficient (Wildman–Crippen LogP) is 3.37. The Morgan fingerprint density at radius 2 is 2.00 bits per heavy atom. The Bertz CT molecular complexity index is 586. The Kier molecular flexibility index (Phi) is 3.28. The molecule has 2 N–H and O–H groups in total. The first-order valence-electron chi connectivity index (χ1n) is 7.22. The van der Waals surface area contributed by atoms with Gasteiger partial charge in [0.05, 0.1) is 11.2 Å². The summed E-state index contributed by atoms with van der Waals surface area (Å²) in [5.41, 5.74) is 9.50. The van der Waals surface area contributed by atoms with Crippen LogP contribution < -0.4 is 10.6 Å². The average molecular weight is 255 g/mol. The lowest BCUT2D eigenvalue weighted by molar-refractivity contribution is 0.579. The lowest BCUT2D eigenvalue weighted by Gasteiger charge is -2.29. The van der Waals surface area contributed by atoms with E-state index in [-0.39, 0.29) is 0 Å². The molecule has 19 heavy (non-hydrogen) atoms. The number of aromatic nitrogens is 1. The highest BCUT2D eigenvalue weighted by Gasteiger charge is 2.15. The topological polar surface area (TPSA) is 42.2 Å². The van der Waals surface area contributed by atoms with Gasteiger partial charge in [0.15, 0.2) is 0 Å². The molecule has 1 aliphatic heterocycles. The van der Waals surface area contributed by atoms with E-state index in [1.807, 2.05) is 0 Å². The zero-order chi connectivity index (χ0) is 13.2. The van der Waals surface area contributed by atoms with Crippen LogP contribution in [0.2, 0.25) is 0 Å². The molecule has 2 aromatic rings. The molecule has 0 bridgehead atoms. The molecule has 1 fully saturated rings. The van der Waals surface area contributed by atoms with Crippen molar-refractivity contribution in [2.75, 3.05) is 23.7 Å². The number of pyridine rings is 1. The number of anilines is 2. The minimum atomic E-state index is 0.680. The van der Waals surface area contributed by atoms with Crippen LogP contribution in [-0.4, -0.2) is 18.1 Å². The molecule has 0 radical (unpaired) electrons. The van der Waals surface area contributed by atoms with Gasteiger partial charge in [-0.05, 0) is 43.4 Å². The first kappa shape index (κ1) is 12.3. The summed E-state index contributed by atoms with van der Waals surface area (Å²) in [4.78, 5) is 7.11. The van der Waals surface area contributed by atoms with Gasteiger partial charge >= 0.3 is 0 Å². The van der Waals surface area contributed by atoms with Gasteiger partial charge in [0, 0.05) is 18.5 Å². The summed E-state index contributed by atoms with van der Waals surface area (Å²) in [5.74, 6) is 0.680. The van der Waals surface area contributed by atoms with E-state index in [0.29, 0.717) is 5.82 Å². The van der Waals surface area contributed by atoms with Gasteiger partial charge in [-0.15, -0.1) is 0 Å². The molecule has 100 valence electrons. The van der Waals surface area contributed by atoms with Crippen LogP contribution in [0.15, 0.2) is 24.3 Å². The van der Waals surface area contributed by atoms with E-state index in [4.69, 9.17) is 5.73 Å². The SMILES string of the molecule is CCc1cc2cccc(N3CCCCC3)c2nc1N. The second-order valence-corrected chi connectivity index (χ2v) is 5.28. The number of rotatable bonds is 2. The fourth-order valence-corrected chi connectivity index (χ4v) is 2.91. The number of aryl methyl sites for hydroxylation is 1. The smallest absolute Gasteiger partial charge is 0.127 e.